The third-order valence-electron chi connectivity index (χ3n) is 4.89. The number of carbonyl (C=O) groups is 2. The Kier molecular flexibility index (Phi) is 6.85. The second-order valence-electron chi connectivity index (χ2n) is 7.14. The van der Waals surface area contributed by atoms with Crippen LogP contribution >= 0.6 is 11.3 Å². The summed E-state index contributed by atoms with van der Waals surface area (Å²) in [4.78, 5) is 30.5. The van der Waals surface area contributed by atoms with Gasteiger partial charge in [0.25, 0.3) is 0 Å². The lowest BCUT2D eigenvalue weighted by Crippen LogP contribution is -2.34. The molecule has 0 atom stereocenters. The van der Waals surface area contributed by atoms with Crippen LogP contribution in [0.1, 0.15) is 20.9 Å². The third-order valence-corrected chi connectivity index (χ3v) is 5.90. The van der Waals surface area contributed by atoms with Crippen LogP contribution in [0.5, 0.6) is 5.75 Å². The molecule has 0 unspecified atom stereocenters. The lowest BCUT2D eigenvalue weighted by molar-refractivity contribution is 0.0503. The molecule has 1 aromatic heterocycles. The Labute approximate surface area is 195 Å². The largest absolute Gasteiger partial charge is 0.486 e. The maximum absolute atomic E-state index is 12.4. The van der Waals surface area contributed by atoms with Crippen molar-refractivity contribution in [3.63, 3.8) is 0 Å². The van der Waals surface area contributed by atoms with Crippen molar-refractivity contribution in [2.24, 2.45) is 0 Å². The summed E-state index contributed by atoms with van der Waals surface area (Å²) in [7, 11) is 1.28. The van der Waals surface area contributed by atoms with Gasteiger partial charge in [0.2, 0.25) is 0 Å². The number of para-hydroxylation sites is 1. The Balaban J connectivity index is 1.45. The molecule has 7 nitrogen and oxygen atoms in total. The normalized spacial score (nSPS) is 10.6. The molecule has 0 saturated heterocycles. The van der Waals surface area contributed by atoms with Gasteiger partial charge < -0.3 is 14.2 Å². The molecule has 8 heteroatoms. The molecule has 3 aromatic carbocycles. The number of rotatable bonds is 7. The van der Waals surface area contributed by atoms with Gasteiger partial charge in [0.05, 0.1) is 28.6 Å². The minimum Gasteiger partial charge on any atom is -0.486 e. The molecule has 0 radical (unpaired) electrons. The first-order valence-corrected chi connectivity index (χ1v) is 11.0. The molecule has 33 heavy (non-hydrogen) atoms. The Morgan fingerprint density at radius 1 is 1.00 bits per heavy atom. The van der Waals surface area contributed by atoms with Crippen molar-refractivity contribution in [2.75, 3.05) is 18.7 Å². The van der Waals surface area contributed by atoms with E-state index in [0.29, 0.717) is 23.6 Å². The highest BCUT2D eigenvalue weighted by molar-refractivity contribution is 7.18. The first-order chi connectivity index (χ1) is 16.0. The first-order valence-electron chi connectivity index (χ1n) is 10.2. The van der Waals surface area contributed by atoms with Crippen LogP contribution in [-0.4, -0.2) is 30.9 Å². The summed E-state index contributed by atoms with van der Waals surface area (Å²) in [5, 5.41) is 0.877. The fourth-order valence-corrected chi connectivity index (χ4v) is 4.14. The number of ether oxygens (including phenoxy) is 3. The van der Waals surface area contributed by atoms with Gasteiger partial charge >= 0.3 is 12.1 Å². The summed E-state index contributed by atoms with van der Waals surface area (Å²) in [6, 6.07) is 21.8. The SMILES string of the molecule is COC(=O)N(COC(=O)c1ccccc1)c1ccc(OCc2nc3ccccc3s2)cc1C. The van der Waals surface area contributed by atoms with E-state index in [1.54, 1.807) is 53.8 Å². The van der Waals surface area contributed by atoms with Crippen molar-refractivity contribution in [3.8, 4) is 5.75 Å². The molecule has 0 saturated carbocycles. The van der Waals surface area contributed by atoms with Crippen LogP contribution in [-0.2, 0) is 16.1 Å². The van der Waals surface area contributed by atoms with Crippen molar-refractivity contribution < 1.29 is 23.8 Å². The van der Waals surface area contributed by atoms with Gasteiger partial charge in [-0.3, -0.25) is 0 Å². The van der Waals surface area contributed by atoms with Crippen LogP contribution in [0.4, 0.5) is 10.5 Å². The number of aryl methyl sites for hydroxylation is 1. The standard InChI is InChI=1S/C25H22N2O5S/c1-17-14-19(31-15-23-26-20-10-6-7-11-22(20)33-23)12-13-21(17)27(25(29)30-2)16-32-24(28)18-8-4-3-5-9-18/h3-14H,15-16H2,1-2H3. The quantitative estimate of drug-likeness (QED) is 0.264. The highest BCUT2D eigenvalue weighted by Gasteiger charge is 2.21. The third kappa shape index (κ3) is 5.30. The molecule has 1 amide bonds. The number of methoxy groups -OCH3 is 1. The monoisotopic (exact) mass is 462 g/mol. The van der Waals surface area contributed by atoms with E-state index in [1.807, 2.05) is 37.3 Å². The molecule has 0 aliphatic carbocycles. The zero-order valence-electron chi connectivity index (χ0n) is 18.2. The number of carbonyl (C=O) groups excluding carboxylic acids is 2. The van der Waals surface area contributed by atoms with Gasteiger partial charge in [-0.25, -0.2) is 19.5 Å². The maximum atomic E-state index is 12.4. The van der Waals surface area contributed by atoms with E-state index in [0.717, 1.165) is 20.8 Å². The van der Waals surface area contributed by atoms with E-state index < -0.39 is 12.1 Å². The molecule has 1 heterocycles. The molecule has 0 spiro atoms. The number of hydrogen-bond donors (Lipinski definition) is 0. The molecule has 0 bridgehead atoms. The zero-order valence-corrected chi connectivity index (χ0v) is 19.0. The predicted octanol–water partition coefficient (Wildman–Crippen LogP) is 5.57. The van der Waals surface area contributed by atoms with Crippen LogP contribution in [0.2, 0.25) is 0 Å². The molecular formula is C25H22N2O5S. The average molecular weight is 463 g/mol. The zero-order chi connectivity index (χ0) is 23.2. The minimum atomic E-state index is -0.637. The highest BCUT2D eigenvalue weighted by Crippen LogP contribution is 2.27. The van der Waals surface area contributed by atoms with Crippen molar-refractivity contribution >= 4 is 39.3 Å². The molecule has 4 aromatic rings. The lowest BCUT2D eigenvalue weighted by atomic mass is 10.2. The van der Waals surface area contributed by atoms with E-state index in [-0.39, 0.29) is 6.73 Å². The van der Waals surface area contributed by atoms with Crippen LogP contribution in [0, 0.1) is 6.92 Å². The van der Waals surface area contributed by atoms with Crippen LogP contribution in [0.15, 0.2) is 72.8 Å². The number of aromatic nitrogens is 1. The molecule has 0 aliphatic heterocycles. The van der Waals surface area contributed by atoms with Gasteiger partial charge in [0.1, 0.15) is 17.4 Å². The first kappa shape index (κ1) is 22.3. The van der Waals surface area contributed by atoms with Crippen molar-refractivity contribution in [1.29, 1.82) is 0 Å². The number of fused-ring (bicyclic) bond motifs is 1. The fourth-order valence-electron chi connectivity index (χ4n) is 3.26. The van der Waals surface area contributed by atoms with Gasteiger partial charge in [0, 0.05) is 0 Å². The Hall–Kier alpha value is -3.91. The topological polar surface area (TPSA) is 78.0 Å². The number of thiazole rings is 1. The number of amides is 1. The smallest absolute Gasteiger partial charge is 0.416 e. The van der Waals surface area contributed by atoms with E-state index in [1.165, 1.54) is 12.0 Å². The number of esters is 1. The molecule has 0 aliphatic rings. The summed E-state index contributed by atoms with van der Waals surface area (Å²) in [5.74, 6) is 0.111. The van der Waals surface area contributed by atoms with Crippen molar-refractivity contribution in [3.05, 3.63) is 88.9 Å². The van der Waals surface area contributed by atoms with Gasteiger partial charge in [-0.2, -0.15) is 0 Å². The minimum absolute atomic E-state index is 0.285. The maximum Gasteiger partial charge on any atom is 0.416 e. The second-order valence-corrected chi connectivity index (χ2v) is 8.25. The highest BCUT2D eigenvalue weighted by atomic mass is 32.1. The van der Waals surface area contributed by atoms with Gasteiger partial charge in [-0.05, 0) is 55.0 Å². The van der Waals surface area contributed by atoms with E-state index in [2.05, 4.69) is 4.98 Å². The molecule has 4 rings (SSSR count). The van der Waals surface area contributed by atoms with E-state index in [4.69, 9.17) is 14.2 Å². The molecular weight excluding hydrogens is 440 g/mol. The Bertz CT molecular complexity index is 1240. The van der Waals surface area contributed by atoms with Gasteiger partial charge in [-0.1, -0.05) is 30.3 Å². The predicted molar refractivity (Wildman–Crippen MR) is 127 cm³/mol. The fraction of sp³-hybridized carbons (Fsp3) is 0.160. The molecule has 168 valence electrons. The van der Waals surface area contributed by atoms with Crippen molar-refractivity contribution in [2.45, 2.75) is 13.5 Å². The number of hydrogen-bond acceptors (Lipinski definition) is 7. The number of nitrogens with zero attached hydrogens (tertiary/aromatic N) is 2. The van der Waals surface area contributed by atoms with Crippen molar-refractivity contribution in [1.82, 2.24) is 4.98 Å². The van der Waals surface area contributed by atoms with Crippen LogP contribution in [0.25, 0.3) is 10.2 Å². The van der Waals surface area contributed by atoms with Crippen LogP contribution in [0.3, 0.4) is 0 Å². The van der Waals surface area contributed by atoms with E-state index >= 15 is 0 Å². The summed E-state index contributed by atoms with van der Waals surface area (Å²) >= 11 is 1.59. The number of anilines is 1. The lowest BCUT2D eigenvalue weighted by Gasteiger charge is -2.23. The Morgan fingerprint density at radius 3 is 2.48 bits per heavy atom. The van der Waals surface area contributed by atoms with Crippen LogP contribution < -0.4 is 9.64 Å². The summed E-state index contributed by atoms with van der Waals surface area (Å²) < 4.78 is 17.2. The Morgan fingerprint density at radius 2 is 1.76 bits per heavy atom. The summed E-state index contributed by atoms with van der Waals surface area (Å²) in [6.07, 6.45) is -0.637. The second kappa shape index (κ2) is 10.1. The summed E-state index contributed by atoms with van der Waals surface area (Å²) in [6.45, 7) is 1.90. The van der Waals surface area contributed by atoms with Gasteiger partial charge in [-0.15, -0.1) is 11.3 Å². The van der Waals surface area contributed by atoms with Gasteiger partial charge in [0.15, 0.2) is 6.73 Å². The van der Waals surface area contributed by atoms with E-state index in [9.17, 15) is 9.59 Å². The summed E-state index contributed by atoms with van der Waals surface area (Å²) in [5.41, 5.74) is 2.66. The number of benzene rings is 3. The average Bonchev–Trinajstić information content (AvgIpc) is 3.27. The molecule has 0 N–H and O–H groups in total. The molecule has 0 fully saturated rings.